The van der Waals surface area contributed by atoms with Crippen LogP contribution >= 0.6 is 23.2 Å². The highest BCUT2D eigenvalue weighted by molar-refractivity contribution is 6.35. The molecule has 4 heterocycles. The minimum absolute atomic E-state index is 0.253. The number of imidazole rings is 1. The number of rotatable bonds is 9. The van der Waals surface area contributed by atoms with E-state index >= 15 is 0 Å². The third kappa shape index (κ3) is 6.30. The Bertz CT molecular complexity index is 1790. The molecule has 0 saturated carbocycles. The van der Waals surface area contributed by atoms with Gasteiger partial charge in [-0.1, -0.05) is 29.3 Å². The fourth-order valence-electron chi connectivity index (χ4n) is 5.80. The lowest BCUT2D eigenvalue weighted by molar-refractivity contribution is -0.189. The molecule has 1 N–H and O–H groups in total. The maximum absolute atomic E-state index is 11.8. The van der Waals surface area contributed by atoms with Crippen molar-refractivity contribution >= 4 is 34.6 Å². The van der Waals surface area contributed by atoms with Gasteiger partial charge in [-0.15, -0.1) is 0 Å². The van der Waals surface area contributed by atoms with E-state index in [1.165, 1.54) is 10.9 Å². The second-order valence-electron chi connectivity index (χ2n) is 11.0. The van der Waals surface area contributed by atoms with Gasteiger partial charge >= 0.3 is 5.69 Å². The van der Waals surface area contributed by atoms with Gasteiger partial charge in [-0.25, -0.2) is 19.4 Å². The van der Waals surface area contributed by atoms with Crippen molar-refractivity contribution in [1.82, 2.24) is 24.3 Å². The third-order valence-corrected chi connectivity index (χ3v) is 8.66. The maximum atomic E-state index is 11.8. The lowest BCUT2D eigenvalue weighted by Gasteiger charge is -2.37. The topological polar surface area (TPSA) is 103 Å². The Hall–Kier alpha value is -4.29. The lowest BCUT2D eigenvalue weighted by Crippen LogP contribution is -2.46. The molecular weight excluding hydrogens is 617 g/mol. The van der Waals surface area contributed by atoms with Crippen molar-refractivity contribution in [2.45, 2.75) is 18.4 Å². The molecular formula is C32H31Cl2N7O4. The quantitative estimate of drug-likeness (QED) is 0.245. The van der Waals surface area contributed by atoms with Crippen LogP contribution in [0.5, 0.6) is 5.75 Å². The predicted octanol–water partition coefficient (Wildman–Crippen LogP) is 4.74. The average Bonchev–Trinajstić information content (AvgIpc) is 3.83. The summed E-state index contributed by atoms with van der Waals surface area (Å²) in [7, 11) is 0. The van der Waals surface area contributed by atoms with Crippen LogP contribution in [0.3, 0.4) is 0 Å². The summed E-state index contributed by atoms with van der Waals surface area (Å²) in [5.74, 6) is -0.335. The Morgan fingerprint density at radius 1 is 0.911 bits per heavy atom. The normalized spacial score (nSPS) is 20.1. The Morgan fingerprint density at radius 2 is 1.60 bits per heavy atom. The Labute approximate surface area is 269 Å². The number of aromatic amines is 1. The van der Waals surface area contributed by atoms with E-state index in [1.54, 1.807) is 24.7 Å². The minimum atomic E-state index is -1.09. The van der Waals surface area contributed by atoms with Gasteiger partial charge in [-0.05, 0) is 60.7 Å². The first-order valence-electron chi connectivity index (χ1n) is 14.6. The molecule has 3 aromatic carbocycles. The number of halogens is 2. The molecule has 2 aliphatic rings. The van der Waals surface area contributed by atoms with E-state index in [-0.39, 0.29) is 11.8 Å². The average molecular weight is 649 g/mol. The molecule has 2 fully saturated rings. The Balaban J connectivity index is 0.936. The van der Waals surface area contributed by atoms with Gasteiger partial charge in [0.05, 0.1) is 30.2 Å². The summed E-state index contributed by atoms with van der Waals surface area (Å²) in [5, 5.41) is 7.23. The first kappa shape index (κ1) is 29.4. The van der Waals surface area contributed by atoms with Crippen LogP contribution in [-0.2, 0) is 21.8 Å². The highest BCUT2D eigenvalue weighted by atomic mass is 35.5. The summed E-state index contributed by atoms with van der Waals surface area (Å²) in [4.78, 5) is 20.7. The smallest absolute Gasteiger partial charge is 0.347 e. The second kappa shape index (κ2) is 12.6. The fraction of sp³-hybridized carbons (Fsp3) is 0.281. The number of anilines is 2. The molecule has 2 aromatic heterocycles. The molecule has 2 saturated heterocycles. The van der Waals surface area contributed by atoms with E-state index in [4.69, 9.17) is 37.4 Å². The standard InChI is InChI=1S/C32H31Cl2N7O4/c33-23-1-10-29(30(34)17-23)32(20-38-12-11-35-21-38)44-19-28(45-32)18-43-27-8-6-25(7-9-27)40-15-13-39(14-16-40)24-2-4-26(5-3-24)41-22-36-37-31(41)42/h1-12,17,21-22,28H,13-16,18-20H2,(H,37,42)/t28-,32-/m1/s1. The molecule has 0 unspecified atom stereocenters. The number of nitrogens with zero attached hydrogens (tertiary/aromatic N) is 6. The fourth-order valence-corrected chi connectivity index (χ4v) is 6.35. The van der Waals surface area contributed by atoms with Crippen LogP contribution < -0.4 is 20.2 Å². The highest BCUT2D eigenvalue weighted by Gasteiger charge is 2.45. The van der Waals surface area contributed by atoms with Crippen LogP contribution in [0.4, 0.5) is 11.4 Å². The first-order valence-corrected chi connectivity index (χ1v) is 15.4. The molecule has 7 rings (SSSR count). The van der Waals surface area contributed by atoms with E-state index in [9.17, 15) is 4.79 Å². The summed E-state index contributed by atoms with van der Waals surface area (Å²) in [6, 6.07) is 21.4. The second-order valence-corrected chi connectivity index (χ2v) is 11.8. The summed E-state index contributed by atoms with van der Waals surface area (Å²) in [6.45, 7) is 4.61. The summed E-state index contributed by atoms with van der Waals surface area (Å²) in [6.07, 6.45) is 6.46. The molecule has 2 aliphatic heterocycles. The molecule has 13 heteroatoms. The molecule has 0 radical (unpaired) electrons. The van der Waals surface area contributed by atoms with E-state index in [2.05, 4.69) is 37.1 Å². The van der Waals surface area contributed by atoms with Gasteiger partial charge in [0.15, 0.2) is 0 Å². The zero-order chi connectivity index (χ0) is 30.8. The van der Waals surface area contributed by atoms with Gasteiger partial charge in [0, 0.05) is 60.5 Å². The molecule has 45 heavy (non-hydrogen) atoms. The van der Waals surface area contributed by atoms with Crippen LogP contribution in [0, 0.1) is 0 Å². The van der Waals surface area contributed by atoms with Gasteiger partial charge < -0.3 is 28.6 Å². The van der Waals surface area contributed by atoms with Gasteiger partial charge in [-0.2, -0.15) is 5.10 Å². The molecule has 11 nitrogen and oxygen atoms in total. The van der Waals surface area contributed by atoms with Crippen molar-refractivity contribution in [2.24, 2.45) is 0 Å². The number of aromatic nitrogens is 5. The van der Waals surface area contributed by atoms with Crippen molar-refractivity contribution < 1.29 is 14.2 Å². The van der Waals surface area contributed by atoms with Crippen LogP contribution in [0.1, 0.15) is 5.56 Å². The SMILES string of the molecule is O=c1[nH]ncn1-c1ccc(N2CCN(c3ccc(OC[C@@H]4CO[C@@](Cn5ccnc5)(c5ccc(Cl)cc5Cl)O4)cc3)CC2)cc1. The number of hydrogen-bond acceptors (Lipinski definition) is 8. The largest absolute Gasteiger partial charge is 0.491 e. The number of ether oxygens (including phenoxy) is 3. The summed E-state index contributed by atoms with van der Waals surface area (Å²) >= 11 is 12.7. The van der Waals surface area contributed by atoms with Crippen molar-refractivity contribution in [3.05, 3.63) is 118 Å². The van der Waals surface area contributed by atoms with E-state index in [1.807, 2.05) is 53.2 Å². The van der Waals surface area contributed by atoms with Gasteiger partial charge in [0.25, 0.3) is 0 Å². The number of hydrogen-bond donors (Lipinski definition) is 1. The maximum Gasteiger partial charge on any atom is 0.347 e. The monoisotopic (exact) mass is 647 g/mol. The van der Waals surface area contributed by atoms with Gasteiger partial charge in [0.1, 0.15) is 24.8 Å². The third-order valence-electron chi connectivity index (χ3n) is 8.11. The zero-order valence-corrected chi connectivity index (χ0v) is 25.8. The highest BCUT2D eigenvalue weighted by Crippen LogP contribution is 2.40. The molecule has 5 aromatic rings. The van der Waals surface area contributed by atoms with Gasteiger partial charge in [-0.3, -0.25) is 0 Å². The first-order chi connectivity index (χ1) is 22.0. The van der Waals surface area contributed by atoms with Crippen molar-refractivity contribution in [3.8, 4) is 11.4 Å². The van der Waals surface area contributed by atoms with Crippen LogP contribution in [0.15, 0.2) is 96.6 Å². The molecule has 0 bridgehead atoms. The molecule has 0 amide bonds. The van der Waals surface area contributed by atoms with Crippen molar-refractivity contribution in [3.63, 3.8) is 0 Å². The Kier molecular flexibility index (Phi) is 8.24. The Morgan fingerprint density at radius 3 is 2.22 bits per heavy atom. The molecule has 0 aliphatic carbocycles. The van der Waals surface area contributed by atoms with E-state index < -0.39 is 5.79 Å². The van der Waals surface area contributed by atoms with E-state index in [0.717, 1.165) is 49.0 Å². The van der Waals surface area contributed by atoms with Crippen LogP contribution in [0.2, 0.25) is 10.0 Å². The number of piperazine rings is 1. The number of H-pyrrole nitrogens is 1. The zero-order valence-electron chi connectivity index (χ0n) is 24.3. The van der Waals surface area contributed by atoms with Crippen molar-refractivity contribution in [2.75, 3.05) is 49.2 Å². The predicted molar refractivity (Wildman–Crippen MR) is 172 cm³/mol. The van der Waals surface area contributed by atoms with Gasteiger partial charge in [0.2, 0.25) is 5.79 Å². The number of nitrogens with one attached hydrogen (secondary N) is 1. The van der Waals surface area contributed by atoms with Crippen LogP contribution in [-0.4, -0.2) is 69.8 Å². The molecule has 0 spiro atoms. The minimum Gasteiger partial charge on any atom is -0.491 e. The molecule has 2 atom stereocenters. The van der Waals surface area contributed by atoms with Crippen molar-refractivity contribution in [1.29, 1.82) is 0 Å². The molecule has 232 valence electrons. The number of benzene rings is 3. The summed E-state index contributed by atoms with van der Waals surface area (Å²) < 4.78 is 22.3. The van der Waals surface area contributed by atoms with E-state index in [0.29, 0.717) is 35.4 Å². The summed E-state index contributed by atoms with van der Waals surface area (Å²) in [5.41, 5.74) is 3.51. The lowest BCUT2D eigenvalue weighted by atomic mass is 10.1. The van der Waals surface area contributed by atoms with Crippen LogP contribution in [0.25, 0.3) is 5.69 Å².